The van der Waals surface area contributed by atoms with Gasteiger partial charge in [0.05, 0.1) is 24.8 Å². The number of thiocarbonyl (C=S) groups is 1. The molecule has 0 spiro atoms. The Labute approximate surface area is 133 Å². The number of hydrogen-bond donors (Lipinski definition) is 1. The first-order chi connectivity index (χ1) is 10.1. The van der Waals surface area contributed by atoms with Crippen molar-refractivity contribution in [3.05, 3.63) is 47.0 Å². The predicted octanol–water partition coefficient (Wildman–Crippen LogP) is 3.78. The van der Waals surface area contributed by atoms with Crippen LogP contribution in [0.4, 0.5) is 0 Å². The summed E-state index contributed by atoms with van der Waals surface area (Å²) in [4.78, 5) is 0.157. The predicted molar refractivity (Wildman–Crippen MR) is 87.0 cm³/mol. The third kappa shape index (κ3) is 3.20. The highest BCUT2D eigenvalue weighted by Crippen LogP contribution is 2.41. The van der Waals surface area contributed by atoms with E-state index in [1.54, 1.807) is 50.6 Å². The lowest BCUT2D eigenvalue weighted by atomic mass is 10.2. The SMILES string of the molecule is COc1cccc(OC)c1Oc1cccc(Cl)c1C(N)=S. The fraction of sp³-hybridized carbons (Fsp3) is 0.133. The Kier molecular flexibility index (Phi) is 4.88. The average molecular weight is 324 g/mol. The van der Waals surface area contributed by atoms with E-state index in [2.05, 4.69) is 0 Å². The van der Waals surface area contributed by atoms with Crippen LogP contribution < -0.4 is 19.9 Å². The quantitative estimate of drug-likeness (QED) is 0.849. The Morgan fingerprint density at radius 3 is 2.05 bits per heavy atom. The first-order valence-corrected chi connectivity index (χ1v) is 6.84. The molecular formula is C15H14ClNO3S. The average Bonchev–Trinajstić information content (AvgIpc) is 2.47. The van der Waals surface area contributed by atoms with E-state index in [4.69, 9.17) is 43.8 Å². The molecule has 0 aromatic heterocycles. The number of para-hydroxylation sites is 1. The van der Waals surface area contributed by atoms with Crippen LogP contribution in [0.5, 0.6) is 23.0 Å². The molecule has 2 aromatic carbocycles. The molecule has 21 heavy (non-hydrogen) atoms. The summed E-state index contributed by atoms with van der Waals surface area (Å²) in [6.07, 6.45) is 0. The molecule has 0 radical (unpaired) electrons. The Morgan fingerprint density at radius 1 is 1.00 bits per heavy atom. The molecule has 0 saturated heterocycles. The van der Waals surface area contributed by atoms with E-state index < -0.39 is 0 Å². The van der Waals surface area contributed by atoms with Gasteiger partial charge in [0.25, 0.3) is 0 Å². The maximum Gasteiger partial charge on any atom is 0.211 e. The molecule has 0 fully saturated rings. The molecule has 6 heteroatoms. The van der Waals surface area contributed by atoms with Crippen LogP contribution in [-0.2, 0) is 0 Å². The topological polar surface area (TPSA) is 53.7 Å². The van der Waals surface area contributed by atoms with E-state index in [1.165, 1.54) is 0 Å². The van der Waals surface area contributed by atoms with Crippen LogP contribution in [0.1, 0.15) is 5.56 Å². The molecular weight excluding hydrogens is 310 g/mol. The summed E-state index contributed by atoms with van der Waals surface area (Å²) in [7, 11) is 3.10. The largest absolute Gasteiger partial charge is 0.493 e. The van der Waals surface area contributed by atoms with Gasteiger partial charge in [0.15, 0.2) is 11.5 Å². The Hall–Kier alpha value is -1.98. The van der Waals surface area contributed by atoms with E-state index in [0.717, 1.165) is 0 Å². The van der Waals surface area contributed by atoms with E-state index in [1.807, 2.05) is 0 Å². The fourth-order valence-electron chi connectivity index (χ4n) is 1.86. The lowest BCUT2D eigenvalue weighted by molar-refractivity contribution is 0.346. The van der Waals surface area contributed by atoms with Crippen molar-refractivity contribution in [2.24, 2.45) is 5.73 Å². The number of benzene rings is 2. The molecule has 0 atom stereocenters. The summed E-state index contributed by atoms with van der Waals surface area (Å²) in [6.45, 7) is 0. The lowest BCUT2D eigenvalue weighted by Crippen LogP contribution is -2.11. The molecule has 2 aromatic rings. The number of methoxy groups -OCH3 is 2. The van der Waals surface area contributed by atoms with Gasteiger partial charge in [-0.05, 0) is 24.3 Å². The van der Waals surface area contributed by atoms with Gasteiger partial charge in [-0.1, -0.05) is 36.0 Å². The van der Waals surface area contributed by atoms with E-state index in [9.17, 15) is 0 Å². The molecule has 0 unspecified atom stereocenters. The van der Waals surface area contributed by atoms with Crippen molar-refractivity contribution < 1.29 is 14.2 Å². The summed E-state index contributed by atoms with van der Waals surface area (Å²) in [5.41, 5.74) is 6.19. The van der Waals surface area contributed by atoms with Gasteiger partial charge in [0.1, 0.15) is 10.7 Å². The smallest absolute Gasteiger partial charge is 0.211 e. The molecule has 0 saturated carbocycles. The Balaban J connectivity index is 2.53. The highest BCUT2D eigenvalue weighted by atomic mass is 35.5. The third-order valence-electron chi connectivity index (χ3n) is 2.82. The minimum Gasteiger partial charge on any atom is -0.493 e. The van der Waals surface area contributed by atoms with Crippen molar-refractivity contribution >= 4 is 28.8 Å². The summed E-state index contributed by atoms with van der Waals surface area (Å²) >= 11 is 11.2. The minimum absolute atomic E-state index is 0.157. The second-order valence-corrected chi connectivity index (χ2v) is 4.92. The summed E-state index contributed by atoms with van der Waals surface area (Å²) in [5.74, 6) is 1.94. The molecule has 0 aliphatic heterocycles. The number of hydrogen-bond acceptors (Lipinski definition) is 4. The second kappa shape index (κ2) is 6.65. The van der Waals surface area contributed by atoms with Crippen LogP contribution in [0, 0.1) is 0 Å². The van der Waals surface area contributed by atoms with E-state index >= 15 is 0 Å². The van der Waals surface area contributed by atoms with Gasteiger partial charge >= 0.3 is 0 Å². The van der Waals surface area contributed by atoms with Crippen molar-refractivity contribution in [1.29, 1.82) is 0 Å². The maximum atomic E-state index is 6.13. The molecule has 4 nitrogen and oxygen atoms in total. The minimum atomic E-state index is 0.157. The Morgan fingerprint density at radius 2 is 1.52 bits per heavy atom. The van der Waals surface area contributed by atoms with Crippen molar-refractivity contribution in [2.75, 3.05) is 14.2 Å². The van der Waals surface area contributed by atoms with Gasteiger partial charge in [-0.3, -0.25) is 0 Å². The van der Waals surface area contributed by atoms with Crippen LogP contribution in [0.3, 0.4) is 0 Å². The lowest BCUT2D eigenvalue weighted by Gasteiger charge is -2.16. The van der Waals surface area contributed by atoms with Crippen molar-refractivity contribution in [1.82, 2.24) is 0 Å². The molecule has 2 rings (SSSR count). The van der Waals surface area contributed by atoms with Crippen molar-refractivity contribution in [3.63, 3.8) is 0 Å². The highest BCUT2D eigenvalue weighted by molar-refractivity contribution is 7.80. The van der Waals surface area contributed by atoms with Gasteiger partial charge < -0.3 is 19.9 Å². The highest BCUT2D eigenvalue weighted by Gasteiger charge is 2.17. The van der Waals surface area contributed by atoms with E-state index in [0.29, 0.717) is 33.6 Å². The number of halogens is 1. The monoisotopic (exact) mass is 323 g/mol. The summed E-state index contributed by atoms with van der Waals surface area (Å²) in [6, 6.07) is 10.5. The normalized spacial score (nSPS) is 10.0. The van der Waals surface area contributed by atoms with Crippen molar-refractivity contribution in [2.45, 2.75) is 0 Å². The maximum absolute atomic E-state index is 6.13. The van der Waals surface area contributed by atoms with Crippen LogP contribution in [0.15, 0.2) is 36.4 Å². The molecule has 0 heterocycles. The molecule has 110 valence electrons. The van der Waals surface area contributed by atoms with Gasteiger partial charge in [-0.25, -0.2) is 0 Å². The zero-order chi connectivity index (χ0) is 15.4. The van der Waals surface area contributed by atoms with Gasteiger partial charge in [0, 0.05) is 0 Å². The fourth-order valence-corrected chi connectivity index (χ4v) is 2.39. The van der Waals surface area contributed by atoms with Gasteiger partial charge in [0.2, 0.25) is 5.75 Å². The standard InChI is InChI=1S/C15H14ClNO3S/c1-18-11-7-4-8-12(19-2)14(11)20-10-6-3-5-9(16)13(10)15(17)21/h3-8H,1-2H3,(H2,17,21). The summed E-state index contributed by atoms with van der Waals surface area (Å²) in [5, 5.41) is 0.425. The Bertz CT molecular complexity index is 654. The zero-order valence-corrected chi connectivity index (χ0v) is 13.1. The molecule has 0 bridgehead atoms. The molecule has 0 amide bonds. The van der Waals surface area contributed by atoms with Crippen LogP contribution in [-0.4, -0.2) is 19.2 Å². The second-order valence-electron chi connectivity index (χ2n) is 4.07. The van der Waals surface area contributed by atoms with Crippen LogP contribution in [0.2, 0.25) is 5.02 Å². The number of ether oxygens (including phenoxy) is 3. The molecule has 2 N–H and O–H groups in total. The van der Waals surface area contributed by atoms with Gasteiger partial charge in [-0.2, -0.15) is 0 Å². The third-order valence-corrected chi connectivity index (χ3v) is 3.34. The molecule has 0 aliphatic carbocycles. The summed E-state index contributed by atoms with van der Waals surface area (Å²) < 4.78 is 16.5. The van der Waals surface area contributed by atoms with Crippen LogP contribution >= 0.6 is 23.8 Å². The number of rotatable bonds is 5. The zero-order valence-electron chi connectivity index (χ0n) is 11.6. The first kappa shape index (κ1) is 15.4. The first-order valence-electron chi connectivity index (χ1n) is 6.05. The van der Waals surface area contributed by atoms with Crippen LogP contribution in [0.25, 0.3) is 0 Å². The molecule has 0 aliphatic rings. The van der Waals surface area contributed by atoms with Crippen molar-refractivity contribution in [3.8, 4) is 23.0 Å². The van der Waals surface area contributed by atoms with Gasteiger partial charge in [-0.15, -0.1) is 0 Å². The number of nitrogens with two attached hydrogens (primary N) is 1. The van der Waals surface area contributed by atoms with E-state index in [-0.39, 0.29) is 4.99 Å².